The van der Waals surface area contributed by atoms with Crippen LogP contribution >= 0.6 is 15.9 Å². The number of guanidine groups is 1. The zero-order chi connectivity index (χ0) is 20.5. The molecule has 3 aliphatic rings. The van der Waals surface area contributed by atoms with Crippen LogP contribution in [0.4, 0.5) is 9.18 Å². The molecule has 1 saturated heterocycles. The number of hydrogen-bond donors (Lipinski definition) is 3. The largest absolute Gasteiger partial charge is 0.447 e. The first-order valence-corrected chi connectivity index (χ1v) is 9.92. The van der Waals surface area contributed by atoms with E-state index >= 15 is 0 Å². The van der Waals surface area contributed by atoms with E-state index in [1.165, 1.54) is 12.1 Å². The van der Waals surface area contributed by atoms with Crippen molar-refractivity contribution in [3.8, 4) is 0 Å². The number of nitrogens with one attached hydrogen (secondary N) is 2. The summed E-state index contributed by atoms with van der Waals surface area (Å²) in [6.07, 6.45) is 0.134. The standard InChI is InChI=1S/C18H20BrFN6O3/c1-8-15-14(25-17(21)22-8)5-13(11-3-2-9(20)4-12(11)19)24-16(15)26-29-7-10-6-28-18(27)23-10/h2-4,10,13-15H,5-7H2,1H3,(H2,21,25)(H,23,27)(H,24,26)/t10-,13?,14-,15?/m1/s1. The van der Waals surface area contributed by atoms with Crippen molar-refractivity contribution in [1.82, 2.24) is 10.8 Å². The smallest absolute Gasteiger partial charge is 0.407 e. The van der Waals surface area contributed by atoms with E-state index in [2.05, 4.69) is 36.7 Å². The third kappa shape index (κ3) is 4.25. The second-order valence-corrected chi connectivity index (χ2v) is 7.92. The fourth-order valence-corrected chi connectivity index (χ4v) is 4.31. The molecule has 11 heteroatoms. The van der Waals surface area contributed by atoms with Gasteiger partial charge >= 0.3 is 6.09 Å². The Morgan fingerprint density at radius 2 is 2.28 bits per heavy atom. The van der Waals surface area contributed by atoms with Gasteiger partial charge in [-0.3, -0.25) is 15.3 Å². The zero-order valence-electron chi connectivity index (χ0n) is 15.6. The number of cyclic esters (lactones) is 1. The number of carbonyl (C=O) groups excluding carboxylic acids is 1. The molecule has 4 atom stereocenters. The summed E-state index contributed by atoms with van der Waals surface area (Å²) in [5.74, 6) is 0.259. The molecule has 0 spiro atoms. The SMILES string of the molecule is CC1=NC(N)=N[C@@H]2CC(c3ccc(F)cc3Br)N=C(NOC[C@H]3COC(=O)N3)C12. The lowest BCUT2D eigenvalue weighted by Crippen LogP contribution is -2.48. The highest BCUT2D eigenvalue weighted by Gasteiger charge is 2.39. The molecule has 3 heterocycles. The summed E-state index contributed by atoms with van der Waals surface area (Å²) in [6.45, 7) is 2.32. The number of alkyl carbamates (subject to hydrolysis) is 1. The van der Waals surface area contributed by atoms with E-state index in [0.29, 0.717) is 16.7 Å². The molecule has 29 heavy (non-hydrogen) atoms. The summed E-state index contributed by atoms with van der Waals surface area (Å²) in [5.41, 5.74) is 10.4. The normalized spacial score (nSPS) is 28.5. The van der Waals surface area contributed by atoms with Crippen molar-refractivity contribution >= 4 is 39.5 Å². The minimum atomic E-state index is -0.463. The van der Waals surface area contributed by atoms with E-state index in [1.54, 1.807) is 6.07 Å². The first-order chi connectivity index (χ1) is 13.9. The summed E-state index contributed by atoms with van der Waals surface area (Å²) in [7, 11) is 0. The second-order valence-electron chi connectivity index (χ2n) is 7.07. The van der Waals surface area contributed by atoms with E-state index in [1.807, 2.05) is 6.92 Å². The number of hydrogen-bond acceptors (Lipinski definition) is 8. The van der Waals surface area contributed by atoms with Gasteiger partial charge in [-0.05, 0) is 31.0 Å². The summed E-state index contributed by atoms with van der Waals surface area (Å²) >= 11 is 3.42. The van der Waals surface area contributed by atoms with Crippen LogP contribution in [0, 0.1) is 11.7 Å². The summed E-state index contributed by atoms with van der Waals surface area (Å²) < 4.78 is 19.0. The van der Waals surface area contributed by atoms with Crippen LogP contribution in [0.1, 0.15) is 24.9 Å². The highest BCUT2D eigenvalue weighted by atomic mass is 79.9. The summed E-state index contributed by atoms with van der Waals surface area (Å²) in [6, 6.07) is 3.83. The molecule has 4 N–H and O–H groups in total. The number of ether oxygens (including phenoxy) is 1. The predicted octanol–water partition coefficient (Wildman–Crippen LogP) is 1.84. The Hall–Kier alpha value is -2.53. The van der Waals surface area contributed by atoms with E-state index in [9.17, 15) is 9.18 Å². The number of amidine groups is 1. The Labute approximate surface area is 174 Å². The molecule has 0 aliphatic carbocycles. The number of nitrogens with zero attached hydrogens (tertiary/aromatic N) is 3. The summed E-state index contributed by atoms with van der Waals surface area (Å²) in [4.78, 5) is 30.3. The monoisotopic (exact) mass is 466 g/mol. The number of rotatable bonds is 4. The van der Waals surface area contributed by atoms with Crippen LogP contribution in [-0.2, 0) is 9.57 Å². The molecule has 1 amide bonds. The molecule has 3 aliphatic heterocycles. The van der Waals surface area contributed by atoms with Gasteiger partial charge in [0.25, 0.3) is 0 Å². The highest BCUT2D eigenvalue weighted by Crippen LogP contribution is 2.37. The van der Waals surface area contributed by atoms with Crippen molar-refractivity contribution in [3.05, 3.63) is 34.1 Å². The quantitative estimate of drug-likeness (QED) is 0.584. The lowest BCUT2D eigenvalue weighted by molar-refractivity contribution is 0.0632. The van der Waals surface area contributed by atoms with Crippen molar-refractivity contribution in [3.63, 3.8) is 0 Å². The van der Waals surface area contributed by atoms with Gasteiger partial charge in [0.05, 0.1) is 30.7 Å². The molecule has 1 aromatic carbocycles. The molecular weight excluding hydrogens is 447 g/mol. The fraction of sp³-hybridized carbons (Fsp3) is 0.444. The van der Waals surface area contributed by atoms with E-state index in [4.69, 9.17) is 20.3 Å². The van der Waals surface area contributed by atoms with Crippen LogP contribution < -0.4 is 16.5 Å². The van der Waals surface area contributed by atoms with Gasteiger partial charge < -0.3 is 15.8 Å². The Morgan fingerprint density at radius 1 is 1.45 bits per heavy atom. The van der Waals surface area contributed by atoms with Gasteiger partial charge in [-0.25, -0.2) is 19.2 Å². The van der Waals surface area contributed by atoms with Crippen LogP contribution in [0.15, 0.2) is 37.6 Å². The van der Waals surface area contributed by atoms with Gasteiger partial charge in [-0.2, -0.15) is 0 Å². The van der Waals surface area contributed by atoms with Crippen LogP contribution in [-0.4, -0.2) is 48.9 Å². The molecular formula is C18H20BrFN6O3. The van der Waals surface area contributed by atoms with Gasteiger partial charge in [0.2, 0.25) is 5.96 Å². The summed E-state index contributed by atoms with van der Waals surface area (Å²) in [5, 5.41) is 2.64. The lowest BCUT2D eigenvalue weighted by atomic mass is 9.84. The Bertz CT molecular complexity index is 921. The minimum Gasteiger partial charge on any atom is -0.447 e. The maximum Gasteiger partial charge on any atom is 0.407 e. The molecule has 0 bridgehead atoms. The van der Waals surface area contributed by atoms with Crippen LogP contribution in [0.25, 0.3) is 0 Å². The van der Waals surface area contributed by atoms with E-state index < -0.39 is 6.09 Å². The van der Waals surface area contributed by atoms with Crippen LogP contribution in [0.5, 0.6) is 0 Å². The van der Waals surface area contributed by atoms with Gasteiger partial charge in [0.15, 0.2) is 0 Å². The second kappa shape index (κ2) is 8.07. The molecule has 1 aromatic rings. The maximum absolute atomic E-state index is 13.5. The van der Waals surface area contributed by atoms with Gasteiger partial charge in [0, 0.05) is 10.2 Å². The van der Waals surface area contributed by atoms with Crippen molar-refractivity contribution in [2.75, 3.05) is 13.2 Å². The fourth-order valence-electron chi connectivity index (χ4n) is 3.69. The van der Waals surface area contributed by atoms with Gasteiger partial charge in [-0.1, -0.05) is 22.0 Å². The molecule has 4 rings (SSSR count). The van der Waals surface area contributed by atoms with Gasteiger partial charge in [-0.15, -0.1) is 0 Å². The molecule has 9 nitrogen and oxygen atoms in total. The molecule has 2 unspecified atom stereocenters. The first kappa shape index (κ1) is 19.8. The topological polar surface area (TPSA) is 123 Å². The third-order valence-corrected chi connectivity index (χ3v) is 5.69. The molecule has 0 radical (unpaired) electrons. The maximum atomic E-state index is 13.5. The average Bonchev–Trinajstić information content (AvgIpc) is 3.06. The van der Waals surface area contributed by atoms with Crippen LogP contribution in [0.2, 0.25) is 0 Å². The van der Waals surface area contributed by atoms with Gasteiger partial charge in [0.1, 0.15) is 18.3 Å². The Kier molecular flexibility index (Phi) is 5.50. The van der Waals surface area contributed by atoms with Crippen molar-refractivity contribution in [2.24, 2.45) is 26.6 Å². The Balaban J connectivity index is 1.57. The number of hydroxylamine groups is 1. The third-order valence-electron chi connectivity index (χ3n) is 5.00. The molecule has 0 aromatic heterocycles. The zero-order valence-corrected chi connectivity index (χ0v) is 17.1. The van der Waals surface area contributed by atoms with Crippen LogP contribution in [0.3, 0.4) is 0 Å². The first-order valence-electron chi connectivity index (χ1n) is 9.13. The van der Waals surface area contributed by atoms with Crippen molar-refractivity contribution < 1.29 is 18.8 Å². The molecule has 1 fully saturated rings. The highest BCUT2D eigenvalue weighted by molar-refractivity contribution is 9.10. The van der Waals surface area contributed by atoms with E-state index in [0.717, 1.165) is 11.3 Å². The number of aliphatic imine (C=N–C) groups is 3. The number of halogens is 2. The van der Waals surface area contributed by atoms with Crippen molar-refractivity contribution in [2.45, 2.75) is 31.5 Å². The minimum absolute atomic E-state index is 0.174. The number of amides is 1. The lowest BCUT2D eigenvalue weighted by Gasteiger charge is -2.35. The number of fused-ring (bicyclic) bond motifs is 1. The Morgan fingerprint density at radius 3 is 3.00 bits per heavy atom. The number of carbonyl (C=O) groups is 1. The molecule has 0 saturated carbocycles. The van der Waals surface area contributed by atoms with Crippen molar-refractivity contribution in [1.29, 1.82) is 0 Å². The number of benzene rings is 1. The van der Waals surface area contributed by atoms with E-state index in [-0.39, 0.29) is 49.0 Å². The number of nitrogens with two attached hydrogens (primary N) is 1. The average molecular weight is 467 g/mol. The molecule has 154 valence electrons. The predicted molar refractivity (Wildman–Crippen MR) is 108 cm³/mol.